The largest absolute Gasteiger partial charge is 0.399 e. The quantitative estimate of drug-likeness (QED) is 0.731. The Morgan fingerprint density at radius 1 is 1.10 bits per heavy atom. The van der Waals surface area contributed by atoms with Crippen molar-refractivity contribution in [1.82, 2.24) is 0 Å². The number of hydrogen-bond acceptors (Lipinski definition) is 2. The first kappa shape index (κ1) is 13.9. The van der Waals surface area contributed by atoms with Crippen molar-refractivity contribution in [3.05, 3.63) is 53.3 Å². The zero-order valence-corrected chi connectivity index (χ0v) is 11.3. The van der Waals surface area contributed by atoms with Gasteiger partial charge in [-0.3, -0.25) is 0 Å². The number of rotatable bonds is 2. The van der Waals surface area contributed by atoms with Gasteiger partial charge in [0.25, 0.3) is 0 Å². The number of nitrogen functional groups attached to an aromatic ring is 1. The molecule has 2 rings (SSSR count). The Morgan fingerprint density at radius 2 is 1.85 bits per heavy atom. The van der Waals surface area contributed by atoms with Gasteiger partial charge in [0, 0.05) is 17.1 Å². The number of aryl methyl sites for hydroxylation is 2. The predicted molar refractivity (Wildman–Crippen MR) is 79.4 cm³/mol. The van der Waals surface area contributed by atoms with Crippen molar-refractivity contribution >= 4 is 23.1 Å². The molecule has 0 aliphatic heterocycles. The highest BCUT2D eigenvalue weighted by molar-refractivity contribution is 6.00. The number of carbonyl (C=O) groups is 1. The molecule has 4 N–H and O–H groups in total. The van der Waals surface area contributed by atoms with Gasteiger partial charge in [-0.1, -0.05) is 6.07 Å². The van der Waals surface area contributed by atoms with Gasteiger partial charge in [0.1, 0.15) is 5.82 Å². The molecule has 0 atom stereocenters. The standard InChI is InChI=1S/C15H16FN3O/c1-9-7-14(10(2)6-13(9)17)19-15(20)18-12-5-3-4-11(16)8-12/h3-8H,17H2,1-2H3,(H2,18,19,20). The summed E-state index contributed by atoms with van der Waals surface area (Å²) < 4.78 is 13.0. The maximum absolute atomic E-state index is 13.0. The van der Waals surface area contributed by atoms with Crippen LogP contribution in [0.5, 0.6) is 0 Å². The van der Waals surface area contributed by atoms with Crippen molar-refractivity contribution in [3.63, 3.8) is 0 Å². The molecule has 5 heteroatoms. The molecule has 20 heavy (non-hydrogen) atoms. The molecular weight excluding hydrogens is 257 g/mol. The number of nitrogens with two attached hydrogens (primary N) is 1. The van der Waals surface area contributed by atoms with Crippen molar-refractivity contribution in [3.8, 4) is 0 Å². The van der Waals surface area contributed by atoms with Gasteiger partial charge in [0.15, 0.2) is 0 Å². The summed E-state index contributed by atoms with van der Waals surface area (Å²) in [6.07, 6.45) is 0. The van der Waals surface area contributed by atoms with Gasteiger partial charge in [-0.2, -0.15) is 0 Å². The number of benzene rings is 2. The Kier molecular flexibility index (Phi) is 3.89. The zero-order valence-electron chi connectivity index (χ0n) is 11.3. The van der Waals surface area contributed by atoms with E-state index in [1.165, 1.54) is 18.2 Å². The molecule has 2 aromatic rings. The smallest absolute Gasteiger partial charge is 0.323 e. The molecular formula is C15H16FN3O. The minimum absolute atomic E-state index is 0.396. The Labute approximate surface area is 116 Å². The van der Waals surface area contributed by atoms with Crippen molar-refractivity contribution in [2.45, 2.75) is 13.8 Å². The summed E-state index contributed by atoms with van der Waals surface area (Å²) in [5, 5.41) is 5.29. The third-order valence-corrected chi connectivity index (χ3v) is 2.94. The van der Waals surface area contributed by atoms with Crippen LogP contribution in [-0.2, 0) is 0 Å². The van der Waals surface area contributed by atoms with Crippen molar-refractivity contribution in [2.24, 2.45) is 0 Å². The van der Waals surface area contributed by atoms with Crippen molar-refractivity contribution in [1.29, 1.82) is 0 Å². The second-order valence-corrected chi connectivity index (χ2v) is 4.61. The molecule has 2 amide bonds. The second kappa shape index (κ2) is 5.61. The third kappa shape index (κ3) is 3.26. The molecule has 0 saturated carbocycles. The minimum atomic E-state index is -0.428. The van der Waals surface area contributed by atoms with E-state index in [0.717, 1.165) is 11.1 Å². The summed E-state index contributed by atoms with van der Waals surface area (Å²) in [6, 6.07) is 8.89. The number of urea groups is 1. The average Bonchev–Trinajstić information content (AvgIpc) is 2.36. The summed E-state index contributed by atoms with van der Waals surface area (Å²) in [5.41, 5.74) is 9.29. The number of halogens is 1. The summed E-state index contributed by atoms with van der Waals surface area (Å²) in [4.78, 5) is 11.9. The van der Waals surface area contributed by atoms with Crippen LogP contribution in [0.2, 0.25) is 0 Å². The molecule has 0 aliphatic carbocycles. The highest BCUT2D eigenvalue weighted by Gasteiger charge is 2.07. The number of anilines is 3. The Morgan fingerprint density at radius 3 is 2.55 bits per heavy atom. The van der Waals surface area contributed by atoms with E-state index >= 15 is 0 Å². The Balaban J connectivity index is 2.10. The van der Waals surface area contributed by atoms with E-state index in [1.54, 1.807) is 18.2 Å². The average molecular weight is 273 g/mol. The maximum atomic E-state index is 13.0. The van der Waals surface area contributed by atoms with E-state index in [4.69, 9.17) is 5.73 Å². The van der Waals surface area contributed by atoms with Crippen LogP contribution in [0.4, 0.5) is 26.2 Å². The molecule has 0 aromatic heterocycles. The second-order valence-electron chi connectivity index (χ2n) is 4.61. The van der Waals surface area contributed by atoms with Crippen LogP contribution in [0.1, 0.15) is 11.1 Å². The van der Waals surface area contributed by atoms with Crippen LogP contribution < -0.4 is 16.4 Å². The summed E-state index contributed by atoms with van der Waals surface area (Å²) >= 11 is 0. The molecule has 0 unspecified atom stereocenters. The van der Waals surface area contributed by atoms with Crippen LogP contribution in [0.25, 0.3) is 0 Å². The Bertz CT molecular complexity index is 656. The first-order chi connectivity index (χ1) is 9.45. The maximum Gasteiger partial charge on any atom is 0.323 e. The van der Waals surface area contributed by atoms with Crippen LogP contribution in [0.3, 0.4) is 0 Å². The van der Waals surface area contributed by atoms with Crippen LogP contribution in [0, 0.1) is 19.7 Å². The topological polar surface area (TPSA) is 67.2 Å². The van der Waals surface area contributed by atoms with Gasteiger partial charge in [0.2, 0.25) is 0 Å². The molecule has 0 radical (unpaired) electrons. The number of nitrogens with one attached hydrogen (secondary N) is 2. The molecule has 2 aromatic carbocycles. The van der Waals surface area contributed by atoms with Crippen LogP contribution in [0.15, 0.2) is 36.4 Å². The third-order valence-electron chi connectivity index (χ3n) is 2.94. The fraction of sp³-hybridized carbons (Fsp3) is 0.133. The molecule has 104 valence electrons. The fourth-order valence-electron chi connectivity index (χ4n) is 1.82. The molecule has 4 nitrogen and oxygen atoms in total. The van der Waals surface area contributed by atoms with Crippen molar-refractivity contribution < 1.29 is 9.18 Å². The molecule has 0 saturated heterocycles. The summed E-state index contributed by atoms with van der Waals surface area (Å²) in [6.45, 7) is 3.72. The van der Waals surface area contributed by atoms with E-state index in [0.29, 0.717) is 17.1 Å². The Hall–Kier alpha value is -2.56. The van der Waals surface area contributed by atoms with Gasteiger partial charge in [-0.05, 0) is 55.3 Å². The fourth-order valence-corrected chi connectivity index (χ4v) is 1.82. The first-order valence-electron chi connectivity index (χ1n) is 6.16. The SMILES string of the molecule is Cc1cc(NC(=O)Nc2cccc(F)c2)c(C)cc1N. The van der Waals surface area contributed by atoms with Crippen molar-refractivity contribution in [2.75, 3.05) is 16.4 Å². The first-order valence-corrected chi connectivity index (χ1v) is 6.16. The molecule has 0 bridgehead atoms. The number of carbonyl (C=O) groups excluding carboxylic acids is 1. The molecule has 0 fully saturated rings. The van der Waals surface area contributed by atoms with Gasteiger partial charge in [-0.15, -0.1) is 0 Å². The van der Waals surface area contributed by atoms with Crippen LogP contribution in [-0.4, -0.2) is 6.03 Å². The van der Waals surface area contributed by atoms with Gasteiger partial charge in [-0.25, -0.2) is 9.18 Å². The van der Waals surface area contributed by atoms with E-state index in [1.807, 2.05) is 13.8 Å². The zero-order chi connectivity index (χ0) is 14.7. The number of amides is 2. The lowest BCUT2D eigenvalue weighted by atomic mass is 10.1. The molecule has 0 heterocycles. The predicted octanol–water partition coefficient (Wildman–Crippen LogP) is 3.67. The molecule has 0 spiro atoms. The summed E-state index contributed by atoms with van der Waals surface area (Å²) in [7, 11) is 0. The highest BCUT2D eigenvalue weighted by Crippen LogP contribution is 2.22. The van der Waals surface area contributed by atoms with E-state index < -0.39 is 11.8 Å². The monoisotopic (exact) mass is 273 g/mol. The molecule has 0 aliphatic rings. The van der Waals surface area contributed by atoms with E-state index in [2.05, 4.69) is 10.6 Å². The van der Waals surface area contributed by atoms with Crippen LogP contribution >= 0.6 is 0 Å². The van der Waals surface area contributed by atoms with Gasteiger partial charge in [0.05, 0.1) is 0 Å². The normalized spacial score (nSPS) is 10.2. The van der Waals surface area contributed by atoms with Gasteiger partial charge >= 0.3 is 6.03 Å². The van der Waals surface area contributed by atoms with E-state index in [9.17, 15) is 9.18 Å². The van der Waals surface area contributed by atoms with Gasteiger partial charge < -0.3 is 16.4 Å². The number of hydrogen-bond donors (Lipinski definition) is 3. The lowest BCUT2D eigenvalue weighted by Gasteiger charge is -2.12. The summed E-state index contributed by atoms with van der Waals surface area (Å²) in [5.74, 6) is -0.401. The highest BCUT2D eigenvalue weighted by atomic mass is 19.1. The minimum Gasteiger partial charge on any atom is -0.399 e. The lowest BCUT2D eigenvalue weighted by Crippen LogP contribution is -2.20. The lowest BCUT2D eigenvalue weighted by molar-refractivity contribution is 0.262. The van der Waals surface area contributed by atoms with E-state index in [-0.39, 0.29) is 0 Å².